The van der Waals surface area contributed by atoms with E-state index in [1.54, 1.807) is 78.9 Å². The van der Waals surface area contributed by atoms with E-state index in [2.05, 4.69) is 16.6 Å². The normalized spacial score (nSPS) is 10.8. The minimum atomic E-state index is -3.69. The molecule has 0 atom stereocenters. The molecule has 3 aromatic rings. The second kappa shape index (κ2) is 9.28. The summed E-state index contributed by atoms with van der Waals surface area (Å²) in [5.41, 5.74) is 2.29. The molecule has 0 bridgehead atoms. The SMILES string of the molecule is C=CCOc1ccccc1C(=O)Nc1ccc(NS(=O)(=O)c2ccc(C)cc2)cc1. The summed E-state index contributed by atoms with van der Waals surface area (Å²) in [4.78, 5) is 12.8. The van der Waals surface area contributed by atoms with Crippen LogP contribution >= 0.6 is 0 Å². The highest BCUT2D eigenvalue weighted by molar-refractivity contribution is 7.92. The molecule has 0 saturated carbocycles. The Morgan fingerprint density at radius 1 is 0.967 bits per heavy atom. The molecule has 0 heterocycles. The predicted octanol–water partition coefficient (Wildman–Crippen LogP) is 4.61. The van der Waals surface area contributed by atoms with E-state index in [9.17, 15) is 13.2 Å². The van der Waals surface area contributed by atoms with Crippen molar-refractivity contribution in [1.29, 1.82) is 0 Å². The van der Waals surface area contributed by atoms with E-state index in [0.29, 0.717) is 29.3 Å². The van der Waals surface area contributed by atoms with Crippen LogP contribution < -0.4 is 14.8 Å². The van der Waals surface area contributed by atoms with Crippen LogP contribution in [-0.2, 0) is 10.0 Å². The van der Waals surface area contributed by atoms with E-state index in [0.717, 1.165) is 5.56 Å². The molecule has 0 saturated heterocycles. The molecule has 30 heavy (non-hydrogen) atoms. The lowest BCUT2D eigenvalue weighted by molar-refractivity contribution is 0.102. The molecule has 0 aliphatic heterocycles. The van der Waals surface area contributed by atoms with Crippen LogP contribution in [0, 0.1) is 6.92 Å². The average molecular weight is 423 g/mol. The molecule has 0 aliphatic rings. The van der Waals surface area contributed by atoms with Gasteiger partial charge in [0, 0.05) is 11.4 Å². The molecule has 0 aliphatic carbocycles. The monoisotopic (exact) mass is 422 g/mol. The van der Waals surface area contributed by atoms with Crippen molar-refractivity contribution in [3.8, 4) is 5.75 Å². The Balaban J connectivity index is 1.70. The van der Waals surface area contributed by atoms with Crippen LogP contribution in [0.15, 0.2) is 90.3 Å². The Morgan fingerprint density at radius 2 is 1.60 bits per heavy atom. The topological polar surface area (TPSA) is 84.5 Å². The molecule has 3 aromatic carbocycles. The maximum Gasteiger partial charge on any atom is 0.261 e. The Labute approximate surface area is 176 Å². The lowest BCUT2D eigenvalue weighted by Gasteiger charge is -2.12. The maximum absolute atomic E-state index is 12.6. The molecule has 1 amide bonds. The predicted molar refractivity (Wildman–Crippen MR) is 119 cm³/mol. The standard InChI is InChI=1S/C23H22N2O4S/c1-3-16-29-22-7-5-4-6-21(22)23(26)24-18-10-12-19(13-11-18)25-30(27,28)20-14-8-17(2)9-15-20/h3-15,25H,1,16H2,2H3,(H,24,26). The highest BCUT2D eigenvalue weighted by atomic mass is 32.2. The van der Waals surface area contributed by atoms with Crippen molar-refractivity contribution < 1.29 is 17.9 Å². The first-order valence-corrected chi connectivity index (χ1v) is 10.7. The van der Waals surface area contributed by atoms with Crippen molar-refractivity contribution in [3.63, 3.8) is 0 Å². The number of anilines is 2. The number of carbonyl (C=O) groups excluding carboxylic acids is 1. The number of para-hydroxylation sites is 1. The van der Waals surface area contributed by atoms with Gasteiger partial charge in [0.25, 0.3) is 15.9 Å². The zero-order valence-electron chi connectivity index (χ0n) is 16.5. The van der Waals surface area contributed by atoms with Gasteiger partial charge in [0.05, 0.1) is 10.5 Å². The second-order valence-electron chi connectivity index (χ2n) is 6.55. The number of benzene rings is 3. The Morgan fingerprint density at radius 3 is 2.27 bits per heavy atom. The van der Waals surface area contributed by atoms with E-state index < -0.39 is 10.0 Å². The van der Waals surface area contributed by atoms with Gasteiger partial charge in [0.2, 0.25) is 0 Å². The summed E-state index contributed by atoms with van der Waals surface area (Å²) < 4.78 is 33.0. The third-order valence-corrected chi connectivity index (χ3v) is 5.61. The van der Waals surface area contributed by atoms with Crippen LogP contribution in [0.25, 0.3) is 0 Å². The first-order chi connectivity index (χ1) is 14.4. The van der Waals surface area contributed by atoms with Crippen molar-refractivity contribution >= 4 is 27.3 Å². The van der Waals surface area contributed by atoms with Crippen LogP contribution in [0.3, 0.4) is 0 Å². The fourth-order valence-corrected chi connectivity index (χ4v) is 3.74. The van der Waals surface area contributed by atoms with Crippen LogP contribution in [0.2, 0.25) is 0 Å². The maximum atomic E-state index is 12.6. The van der Waals surface area contributed by atoms with Gasteiger partial charge < -0.3 is 10.1 Å². The van der Waals surface area contributed by atoms with E-state index in [1.165, 1.54) is 0 Å². The lowest BCUT2D eigenvalue weighted by Crippen LogP contribution is -2.14. The van der Waals surface area contributed by atoms with Gasteiger partial charge in [-0.25, -0.2) is 8.42 Å². The Kier molecular flexibility index (Phi) is 6.54. The number of carbonyl (C=O) groups is 1. The number of hydrogen-bond donors (Lipinski definition) is 2. The molecule has 0 unspecified atom stereocenters. The molecule has 0 aromatic heterocycles. The number of nitrogens with one attached hydrogen (secondary N) is 2. The zero-order chi connectivity index (χ0) is 21.6. The summed E-state index contributed by atoms with van der Waals surface area (Å²) >= 11 is 0. The first kappa shape index (κ1) is 21.1. The number of hydrogen-bond acceptors (Lipinski definition) is 4. The van der Waals surface area contributed by atoms with Gasteiger partial charge in [-0.05, 0) is 55.5 Å². The molecule has 6 nitrogen and oxygen atoms in total. The molecular weight excluding hydrogens is 400 g/mol. The summed E-state index contributed by atoms with van der Waals surface area (Å²) in [5, 5.41) is 2.78. The van der Waals surface area contributed by atoms with Gasteiger partial charge in [0.1, 0.15) is 12.4 Å². The van der Waals surface area contributed by atoms with Crippen molar-refractivity contribution in [3.05, 3.63) is 96.6 Å². The van der Waals surface area contributed by atoms with Gasteiger partial charge in [0.15, 0.2) is 0 Å². The highest BCUT2D eigenvalue weighted by Crippen LogP contribution is 2.22. The van der Waals surface area contributed by atoms with Crippen molar-refractivity contribution in [2.45, 2.75) is 11.8 Å². The smallest absolute Gasteiger partial charge is 0.261 e. The van der Waals surface area contributed by atoms with E-state index in [4.69, 9.17) is 4.74 Å². The molecule has 0 fully saturated rings. The largest absolute Gasteiger partial charge is 0.489 e. The summed E-state index contributed by atoms with van der Waals surface area (Å²) in [6.45, 7) is 5.78. The molecule has 3 rings (SSSR count). The third-order valence-electron chi connectivity index (χ3n) is 4.21. The van der Waals surface area contributed by atoms with Crippen molar-refractivity contribution in [2.24, 2.45) is 0 Å². The molecule has 0 spiro atoms. The minimum absolute atomic E-state index is 0.182. The Bertz CT molecular complexity index is 1140. The first-order valence-electron chi connectivity index (χ1n) is 9.23. The van der Waals surface area contributed by atoms with Crippen LogP contribution in [0.1, 0.15) is 15.9 Å². The number of rotatable bonds is 8. The molecule has 2 N–H and O–H groups in total. The van der Waals surface area contributed by atoms with Crippen molar-refractivity contribution in [2.75, 3.05) is 16.6 Å². The highest BCUT2D eigenvalue weighted by Gasteiger charge is 2.15. The minimum Gasteiger partial charge on any atom is -0.489 e. The van der Waals surface area contributed by atoms with E-state index >= 15 is 0 Å². The summed E-state index contributed by atoms with van der Waals surface area (Å²) in [6, 6.07) is 19.9. The van der Waals surface area contributed by atoms with E-state index in [-0.39, 0.29) is 10.8 Å². The molecular formula is C23H22N2O4S. The van der Waals surface area contributed by atoms with Gasteiger partial charge >= 0.3 is 0 Å². The summed E-state index contributed by atoms with van der Waals surface area (Å²) in [5.74, 6) is 0.125. The number of sulfonamides is 1. The molecule has 0 radical (unpaired) electrons. The van der Waals surface area contributed by atoms with Gasteiger partial charge in [-0.1, -0.05) is 42.5 Å². The second-order valence-corrected chi connectivity index (χ2v) is 8.23. The number of ether oxygens (including phenoxy) is 1. The van der Waals surface area contributed by atoms with Gasteiger partial charge in [-0.15, -0.1) is 0 Å². The van der Waals surface area contributed by atoms with Crippen LogP contribution in [0.4, 0.5) is 11.4 Å². The zero-order valence-corrected chi connectivity index (χ0v) is 17.3. The molecule has 154 valence electrons. The average Bonchev–Trinajstić information content (AvgIpc) is 2.74. The fourth-order valence-electron chi connectivity index (χ4n) is 2.68. The van der Waals surface area contributed by atoms with Gasteiger partial charge in [-0.3, -0.25) is 9.52 Å². The summed E-state index contributed by atoms with van der Waals surface area (Å²) in [6.07, 6.45) is 1.60. The van der Waals surface area contributed by atoms with Crippen LogP contribution in [-0.4, -0.2) is 20.9 Å². The third kappa shape index (κ3) is 5.27. The quantitative estimate of drug-likeness (QED) is 0.519. The number of aryl methyl sites for hydroxylation is 1. The number of amides is 1. The molecule has 7 heteroatoms. The van der Waals surface area contributed by atoms with E-state index in [1.807, 2.05) is 6.92 Å². The summed E-state index contributed by atoms with van der Waals surface area (Å²) in [7, 11) is -3.69. The Hall–Kier alpha value is -3.58. The fraction of sp³-hybridized carbons (Fsp3) is 0.0870. The van der Waals surface area contributed by atoms with Gasteiger partial charge in [-0.2, -0.15) is 0 Å². The lowest BCUT2D eigenvalue weighted by atomic mass is 10.2. The van der Waals surface area contributed by atoms with Crippen LogP contribution in [0.5, 0.6) is 5.75 Å². The van der Waals surface area contributed by atoms with Crippen molar-refractivity contribution in [1.82, 2.24) is 0 Å².